The van der Waals surface area contributed by atoms with E-state index in [0.29, 0.717) is 12.0 Å². The standard InChI is InChI=1S/C19H16N2O3S2/c22-17-4-1-9-21(17)15-7-5-13(6-8-15)19(23)24-11-14-12-26-18(20-14)16-3-2-10-25-16/h2-3,5-8,10,12H,1,4,9,11H2. The Balaban J connectivity index is 1.37. The van der Waals surface area contributed by atoms with Crippen LogP contribution in [-0.2, 0) is 16.1 Å². The molecule has 1 aliphatic heterocycles. The molecule has 0 aliphatic carbocycles. The number of carbonyl (C=O) groups is 2. The van der Waals surface area contributed by atoms with Gasteiger partial charge in [0.15, 0.2) is 0 Å². The Hall–Kier alpha value is -2.51. The lowest BCUT2D eigenvalue weighted by atomic mass is 10.2. The average Bonchev–Trinajstić information content (AvgIpc) is 3.41. The van der Waals surface area contributed by atoms with Gasteiger partial charge in [0.1, 0.15) is 11.6 Å². The summed E-state index contributed by atoms with van der Waals surface area (Å²) in [7, 11) is 0. The van der Waals surface area contributed by atoms with Gasteiger partial charge >= 0.3 is 5.97 Å². The molecule has 0 atom stereocenters. The first-order chi connectivity index (χ1) is 12.7. The van der Waals surface area contributed by atoms with Gasteiger partial charge in [0.05, 0.1) is 16.1 Å². The largest absolute Gasteiger partial charge is 0.456 e. The minimum atomic E-state index is -0.394. The zero-order valence-corrected chi connectivity index (χ0v) is 15.5. The molecule has 0 radical (unpaired) electrons. The van der Waals surface area contributed by atoms with Crippen molar-refractivity contribution in [2.45, 2.75) is 19.4 Å². The molecule has 1 aromatic carbocycles. The number of hydrogen-bond acceptors (Lipinski definition) is 6. The summed E-state index contributed by atoms with van der Waals surface area (Å²) in [5, 5.41) is 4.85. The van der Waals surface area contributed by atoms with Crippen LogP contribution in [0.4, 0.5) is 5.69 Å². The molecule has 1 aliphatic rings. The first kappa shape index (κ1) is 16.9. The first-order valence-electron chi connectivity index (χ1n) is 8.26. The van der Waals surface area contributed by atoms with Crippen molar-refractivity contribution in [3.05, 3.63) is 58.4 Å². The van der Waals surface area contributed by atoms with Gasteiger partial charge in [-0.25, -0.2) is 9.78 Å². The van der Waals surface area contributed by atoms with Crippen LogP contribution in [0, 0.1) is 0 Å². The second-order valence-corrected chi connectivity index (χ2v) is 7.70. The van der Waals surface area contributed by atoms with Crippen LogP contribution in [0.1, 0.15) is 28.9 Å². The lowest BCUT2D eigenvalue weighted by Gasteiger charge is -2.15. The smallest absolute Gasteiger partial charge is 0.338 e. The summed E-state index contributed by atoms with van der Waals surface area (Å²) in [6, 6.07) is 11.0. The fraction of sp³-hybridized carbons (Fsp3) is 0.211. The molecule has 26 heavy (non-hydrogen) atoms. The van der Waals surface area contributed by atoms with E-state index in [1.54, 1.807) is 51.8 Å². The molecule has 132 valence electrons. The van der Waals surface area contributed by atoms with Crippen LogP contribution in [0.3, 0.4) is 0 Å². The molecule has 1 amide bonds. The van der Waals surface area contributed by atoms with Crippen molar-refractivity contribution in [3.63, 3.8) is 0 Å². The average molecular weight is 384 g/mol. The van der Waals surface area contributed by atoms with E-state index in [-0.39, 0.29) is 12.5 Å². The van der Waals surface area contributed by atoms with Crippen LogP contribution < -0.4 is 4.90 Å². The highest BCUT2D eigenvalue weighted by Crippen LogP contribution is 2.28. The summed E-state index contributed by atoms with van der Waals surface area (Å²) >= 11 is 3.18. The van der Waals surface area contributed by atoms with Gasteiger partial charge in [-0.3, -0.25) is 4.79 Å². The minimum Gasteiger partial charge on any atom is -0.456 e. The highest BCUT2D eigenvalue weighted by atomic mass is 32.1. The lowest BCUT2D eigenvalue weighted by molar-refractivity contribution is -0.117. The molecule has 1 saturated heterocycles. The minimum absolute atomic E-state index is 0.130. The third kappa shape index (κ3) is 3.54. The van der Waals surface area contributed by atoms with Gasteiger partial charge in [-0.2, -0.15) is 0 Å². The van der Waals surface area contributed by atoms with E-state index in [4.69, 9.17) is 4.74 Å². The molecule has 1 fully saturated rings. The van der Waals surface area contributed by atoms with Crippen LogP contribution in [0.5, 0.6) is 0 Å². The Morgan fingerprint density at radius 3 is 2.73 bits per heavy atom. The van der Waals surface area contributed by atoms with Gasteiger partial charge in [-0.05, 0) is 42.1 Å². The van der Waals surface area contributed by atoms with Gasteiger partial charge in [-0.1, -0.05) is 6.07 Å². The van der Waals surface area contributed by atoms with Crippen molar-refractivity contribution in [2.24, 2.45) is 0 Å². The number of hydrogen-bond donors (Lipinski definition) is 0. The van der Waals surface area contributed by atoms with Gasteiger partial charge in [0.25, 0.3) is 0 Å². The molecule has 7 heteroatoms. The molecule has 0 saturated carbocycles. The quantitative estimate of drug-likeness (QED) is 0.614. The van der Waals surface area contributed by atoms with Crippen LogP contribution in [-0.4, -0.2) is 23.4 Å². The molecule has 0 unspecified atom stereocenters. The molecule has 3 heterocycles. The van der Waals surface area contributed by atoms with Crippen molar-refractivity contribution in [2.75, 3.05) is 11.4 Å². The van der Waals surface area contributed by atoms with Crippen molar-refractivity contribution in [1.82, 2.24) is 4.98 Å². The normalized spacial score (nSPS) is 14.0. The van der Waals surface area contributed by atoms with E-state index in [0.717, 1.165) is 34.2 Å². The molecule has 0 bridgehead atoms. The number of thiophene rings is 1. The van der Waals surface area contributed by atoms with E-state index in [2.05, 4.69) is 4.98 Å². The number of carbonyl (C=O) groups excluding carboxylic acids is 2. The van der Waals surface area contributed by atoms with Crippen molar-refractivity contribution >= 4 is 40.2 Å². The highest BCUT2D eigenvalue weighted by molar-refractivity contribution is 7.20. The number of ether oxygens (including phenoxy) is 1. The Labute approximate surface area is 158 Å². The van der Waals surface area contributed by atoms with Crippen molar-refractivity contribution in [1.29, 1.82) is 0 Å². The van der Waals surface area contributed by atoms with Crippen LogP contribution in [0.15, 0.2) is 47.2 Å². The topological polar surface area (TPSA) is 59.5 Å². The lowest BCUT2D eigenvalue weighted by Crippen LogP contribution is -2.23. The number of aromatic nitrogens is 1. The number of benzene rings is 1. The SMILES string of the molecule is O=C(OCc1csc(-c2cccs2)n1)c1ccc(N2CCCC2=O)cc1. The highest BCUT2D eigenvalue weighted by Gasteiger charge is 2.21. The maximum absolute atomic E-state index is 12.2. The Kier molecular flexibility index (Phi) is 4.81. The maximum Gasteiger partial charge on any atom is 0.338 e. The van der Waals surface area contributed by atoms with Gasteiger partial charge < -0.3 is 9.64 Å². The maximum atomic E-state index is 12.2. The fourth-order valence-corrected chi connectivity index (χ4v) is 4.43. The Morgan fingerprint density at radius 2 is 2.04 bits per heavy atom. The summed E-state index contributed by atoms with van der Waals surface area (Å²) in [4.78, 5) is 31.4. The van der Waals surface area contributed by atoms with Crippen molar-refractivity contribution in [3.8, 4) is 9.88 Å². The summed E-state index contributed by atoms with van der Waals surface area (Å²) in [6.07, 6.45) is 1.47. The summed E-state index contributed by atoms with van der Waals surface area (Å²) in [5.41, 5.74) is 2.03. The number of amides is 1. The van der Waals surface area contributed by atoms with Crippen LogP contribution in [0.2, 0.25) is 0 Å². The number of nitrogens with zero attached hydrogens (tertiary/aromatic N) is 2. The predicted molar refractivity (Wildman–Crippen MR) is 103 cm³/mol. The Morgan fingerprint density at radius 1 is 1.19 bits per heavy atom. The molecule has 4 rings (SSSR count). The van der Waals surface area contributed by atoms with Crippen molar-refractivity contribution < 1.29 is 14.3 Å². The van der Waals surface area contributed by atoms with E-state index < -0.39 is 5.97 Å². The molecular weight excluding hydrogens is 368 g/mol. The first-order valence-corrected chi connectivity index (χ1v) is 10.0. The number of anilines is 1. The van der Waals surface area contributed by atoms with E-state index >= 15 is 0 Å². The predicted octanol–water partition coefficient (Wildman–Crippen LogP) is 4.36. The Bertz CT molecular complexity index is 917. The molecule has 2 aromatic heterocycles. The second kappa shape index (κ2) is 7.39. The zero-order chi connectivity index (χ0) is 17.9. The monoisotopic (exact) mass is 384 g/mol. The molecule has 0 N–H and O–H groups in total. The van der Waals surface area contributed by atoms with Gasteiger partial charge in [0.2, 0.25) is 5.91 Å². The zero-order valence-electron chi connectivity index (χ0n) is 13.9. The van der Waals surface area contributed by atoms with Gasteiger partial charge in [-0.15, -0.1) is 22.7 Å². The molecule has 3 aromatic rings. The number of thiazole rings is 1. The second-order valence-electron chi connectivity index (χ2n) is 5.89. The van der Waals surface area contributed by atoms with E-state index in [9.17, 15) is 9.59 Å². The van der Waals surface area contributed by atoms with Crippen LogP contribution in [0.25, 0.3) is 9.88 Å². The molecule has 5 nitrogen and oxygen atoms in total. The summed E-state index contributed by atoms with van der Waals surface area (Å²) < 4.78 is 5.36. The van der Waals surface area contributed by atoms with Crippen LogP contribution >= 0.6 is 22.7 Å². The fourth-order valence-electron chi connectivity index (χ4n) is 2.81. The molecular formula is C19H16N2O3S2. The number of esters is 1. The summed E-state index contributed by atoms with van der Waals surface area (Å²) in [6.45, 7) is 0.881. The third-order valence-electron chi connectivity index (χ3n) is 4.12. The third-order valence-corrected chi connectivity index (χ3v) is 6.05. The van der Waals surface area contributed by atoms with E-state index in [1.165, 1.54) is 0 Å². The number of rotatable bonds is 5. The summed E-state index contributed by atoms with van der Waals surface area (Å²) in [5.74, 6) is -0.264. The van der Waals surface area contributed by atoms with Gasteiger partial charge in [0, 0.05) is 24.0 Å². The van der Waals surface area contributed by atoms with E-state index in [1.807, 2.05) is 22.9 Å². The molecule has 0 spiro atoms.